The van der Waals surface area contributed by atoms with Crippen LogP contribution in [0, 0.1) is 10.7 Å². The highest BCUT2D eigenvalue weighted by atomic mass is 32.1. The van der Waals surface area contributed by atoms with E-state index in [1.807, 2.05) is 0 Å². The molecule has 4 heteroatoms. The largest absolute Gasteiger partial charge is 0.335 e. The highest BCUT2D eigenvalue weighted by Crippen LogP contribution is 2.39. The molecule has 0 spiro atoms. The van der Waals surface area contributed by atoms with Gasteiger partial charge in [0.05, 0.1) is 0 Å². The third-order valence-electron chi connectivity index (χ3n) is 3.59. The fourth-order valence-corrected chi connectivity index (χ4v) is 2.86. The predicted molar refractivity (Wildman–Crippen MR) is 67.5 cm³/mol. The first-order valence-corrected chi connectivity index (χ1v) is 6.28. The molecule has 0 amide bonds. The van der Waals surface area contributed by atoms with Crippen molar-refractivity contribution >= 4 is 12.2 Å². The second-order valence-electron chi connectivity index (χ2n) is 5.06. The van der Waals surface area contributed by atoms with Gasteiger partial charge in [-0.15, -0.1) is 0 Å². The molecule has 1 aliphatic rings. The Hall–Kier alpha value is -0.900. The van der Waals surface area contributed by atoms with E-state index in [1.54, 1.807) is 0 Å². The monoisotopic (exact) mass is 238 g/mol. The zero-order valence-corrected chi connectivity index (χ0v) is 10.8. The molecule has 0 bridgehead atoms. The predicted octanol–water partition coefficient (Wildman–Crippen LogP) is 3.07. The molecule has 0 radical (unpaired) electrons. The summed E-state index contributed by atoms with van der Waals surface area (Å²) in [5.41, 5.74) is 1.99. The Labute approximate surface area is 100 Å². The minimum atomic E-state index is 0.00370. The molecule has 1 aliphatic carbocycles. The maximum atomic E-state index is 12.0. The van der Waals surface area contributed by atoms with Gasteiger partial charge in [0.25, 0.3) is 5.56 Å². The highest BCUT2D eigenvalue weighted by Gasteiger charge is 2.29. The average molecular weight is 238 g/mol. The first-order valence-electron chi connectivity index (χ1n) is 5.87. The lowest BCUT2D eigenvalue weighted by molar-refractivity contribution is 0.399. The Balaban J connectivity index is 2.66. The molecule has 2 N–H and O–H groups in total. The van der Waals surface area contributed by atoms with E-state index in [-0.39, 0.29) is 5.56 Å². The van der Waals surface area contributed by atoms with Crippen LogP contribution in [0.1, 0.15) is 56.7 Å². The molecule has 2 atom stereocenters. The Morgan fingerprint density at radius 1 is 1.31 bits per heavy atom. The molecule has 0 aromatic carbocycles. The molecule has 1 aromatic rings. The minimum Gasteiger partial charge on any atom is -0.335 e. The molecule has 16 heavy (non-hydrogen) atoms. The van der Waals surface area contributed by atoms with Crippen LogP contribution in [-0.2, 0) is 0 Å². The van der Waals surface area contributed by atoms with Gasteiger partial charge in [0.1, 0.15) is 0 Å². The number of hydrogen-bond donors (Lipinski definition) is 2. The standard InChI is InChI=1S/C12H18N2OS/c1-6(2)8-5-4-7(3)10-9(8)11(15)14-12(16)13-10/h6-8H,4-5H2,1-3H3,(H2,13,14,15,16). The van der Waals surface area contributed by atoms with E-state index >= 15 is 0 Å². The topological polar surface area (TPSA) is 48.6 Å². The quantitative estimate of drug-likeness (QED) is 0.739. The van der Waals surface area contributed by atoms with Crippen molar-refractivity contribution in [2.24, 2.45) is 5.92 Å². The van der Waals surface area contributed by atoms with Gasteiger partial charge in [0, 0.05) is 11.3 Å². The van der Waals surface area contributed by atoms with Gasteiger partial charge >= 0.3 is 0 Å². The summed E-state index contributed by atoms with van der Waals surface area (Å²) in [6.07, 6.45) is 2.23. The molecule has 2 rings (SSSR count). The minimum absolute atomic E-state index is 0.00370. The first kappa shape index (κ1) is 11.6. The van der Waals surface area contributed by atoms with Crippen LogP contribution in [-0.4, -0.2) is 9.97 Å². The second-order valence-corrected chi connectivity index (χ2v) is 5.47. The summed E-state index contributed by atoms with van der Waals surface area (Å²) in [7, 11) is 0. The van der Waals surface area contributed by atoms with Crippen molar-refractivity contribution in [3.8, 4) is 0 Å². The second kappa shape index (κ2) is 4.17. The Morgan fingerprint density at radius 3 is 2.62 bits per heavy atom. The van der Waals surface area contributed by atoms with Gasteiger partial charge in [-0.1, -0.05) is 20.8 Å². The summed E-state index contributed by atoms with van der Waals surface area (Å²) in [4.78, 5) is 17.9. The maximum absolute atomic E-state index is 12.0. The van der Waals surface area contributed by atoms with E-state index < -0.39 is 0 Å². The van der Waals surface area contributed by atoms with Gasteiger partial charge in [0.15, 0.2) is 4.77 Å². The molecule has 3 nitrogen and oxygen atoms in total. The van der Waals surface area contributed by atoms with E-state index in [1.165, 1.54) is 0 Å². The smallest absolute Gasteiger partial charge is 0.255 e. The van der Waals surface area contributed by atoms with Crippen molar-refractivity contribution in [3.63, 3.8) is 0 Å². The normalized spacial score (nSPS) is 24.5. The molecule has 0 saturated carbocycles. The fraction of sp³-hybridized carbons (Fsp3) is 0.667. The van der Waals surface area contributed by atoms with E-state index in [2.05, 4.69) is 30.7 Å². The summed E-state index contributed by atoms with van der Waals surface area (Å²) in [6.45, 7) is 6.50. The summed E-state index contributed by atoms with van der Waals surface area (Å²) >= 11 is 5.03. The summed E-state index contributed by atoms with van der Waals surface area (Å²) in [6, 6.07) is 0. The molecule has 88 valence electrons. The highest BCUT2D eigenvalue weighted by molar-refractivity contribution is 7.71. The lowest BCUT2D eigenvalue weighted by Gasteiger charge is -2.30. The van der Waals surface area contributed by atoms with Crippen molar-refractivity contribution in [3.05, 3.63) is 26.4 Å². The van der Waals surface area contributed by atoms with Crippen LogP contribution in [0.15, 0.2) is 4.79 Å². The zero-order valence-electron chi connectivity index (χ0n) is 9.96. The first-order chi connectivity index (χ1) is 7.50. The van der Waals surface area contributed by atoms with E-state index in [0.717, 1.165) is 24.1 Å². The van der Waals surface area contributed by atoms with Crippen LogP contribution in [0.2, 0.25) is 0 Å². The third kappa shape index (κ3) is 1.86. The van der Waals surface area contributed by atoms with Crippen LogP contribution in [0.4, 0.5) is 0 Å². The van der Waals surface area contributed by atoms with Crippen molar-refractivity contribution in [2.45, 2.75) is 45.4 Å². The molecule has 0 aliphatic heterocycles. The number of aromatic nitrogens is 2. The number of fused-ring (bicyclic) bond motifs is 1. The number of aromatic amines is 2. The summed E-state index contributed by atoms with van der Waals surface area (Å²) in [5.74, 6) is 1.27. The number of rotatable bonds is 1. The molecular formula is C12H18N2OS. The van der Waals surface area contributed by atoms with Crippen LogP contribution in [0.3, 0.4) is 0 Å². The lowest BCUT2D eigenvalue weighted by atomic mass is 9.76. The van der Waals surface area contributed by atoms with Gasteiger partial charge in [-0.05, 0) is 42.8 Å². The van der Waals surface area contributed by atoms with Crippen molar-refractivity contribution < 1.29 is 0 Å². The maximum Gasteiger partial charge on any atom is 0.255 e. The molecule has 0 saturated heterocycles. The number of nitrogens with one attached hydrogen (secondary N) is 2. The Kier molecular flexibility index (Phi) is 3.02. The number of hydrogen-bond acceptors (Lipinski definition) is 2. The van der Waals surface area contributed by atoms with Gasteiger partial charge < -0.3 is 4.98 Å². The van der Waals surface area contributed by atoms with Crippen LogP contribution >= 0.6 is 12.2 Å². The average Bonchev–Trinajstić information content (AvgIpc) is 2.19. The molecule has 1 heterocycles. The van der Waals surface area contributed by atoms with Crippen molar-refractivity contribution in [2.75, 3.05) is 0 Å². The van der Waals surface area contributed by atoms with Crippen LogP contribution in [0.5, 0.6) is 0 Å². The van der Waals surface area contributed by atoms with E-state index in [9.17, 15) is 4.79 Å². The van der Waals surface area contributed by atoms with E-state index in [0.29, 0.717) is 22.5 Å². The van der Waals surface area contributed by atoms with Gasteiger partial charge in [-0.3, -0.25) is 9.78 Å². The van der Waals surface area contributed by atoms with Gasteiger partial charge in [-0.2, -0.15) is 0 Å². The molecule has 0 fully saturated rings. The molecule has 1 aromatic heterocycles. The van der Waals surface area contributed by atoms with Crippen molar-refractivity contribution in [1.29, 1.82) is 0 Å². The van der Waals surface area contributed by atoms with Gasteiger partial charge in [0.2, 0.25) is 0 Å². The summed E-state index contributed by atoms with van der Waals surface area (Å²) < 4.78 is 0.444. The zero-order chi connectivity index (χ0) is 11.9. The SMILES string of the molecule is CC1CCC(C(C)C)c2c1[nH]c(=S)[nH]c2=O. The number of H-pyrrole nitrogens is 2. The van der Waals surface area contributed by atoms with E-state index in [4.69, 9.17) is 12.2 Å². The Bertz CT molecular complexity index is 500. The fourth-order valence-electron chi connectivity index (χ4n) is 2.66. The van der Waals surface area contributed by atoms with Crippen LogP contribution < -0.4 is 5.56 Å². The Morgan fingerprint density at radius 2 is 2.00 bits per heavy atom. The van der Waals surface area contributed by atoms with Crippen molar-refractivity contribution in [1.82, 2.24) is 9.97 Å². The van der Waals surface area contributed by atoms with Gasteiger partial charge in [-0.25, -0.2) is 0 Å². The third-order valence-corrected chi connectivity index (χ3v) is 3.79. The lowest BCUT2D eigenvalue weighted by Crippen LogP contribution is -2.28. The van der Waals surface area contributed by atoms with Crippen LogP contribution in [0.25, 0.3) is 0 Å². The summed E-state index contributed by atoms with van der Waals surface area (Å²) in [5, 5.41) is 0. The molecular weight excluding hydrogens is 220 g/mol. The molecule has 2 unspecified atom stereocenters.